The minimum absolute atomic E-state index is 0.294. The van der Waals surface area contributed by atoms with Crippen LogP contribution in [0.15, 0.2) is 6.33 Å². The average Bonchev–Trinajstić information content (AvgIpc) is 2.65. The molecule has 0 radical (unpaired) electrons. The van der Waals surface area contributed by atoms with E-state index in [1.165, 1.54) is 5.56 Å². The van der Waals surface area contributed by atoms with Crippen molar-refractivity contribution in [2.24, 2.45) is 5.92 Å². The first-order valence-corrected chi connectivity index (χ1v) is 6.00. The van der Waals surface area contributed by atoms with Gasteiger partial charge in [0.05, 0.1) is 5.69 Å². The lowest BCUT2D eigenvalue weighted by atomic mass is 10.0. The summed E-state index contributed by atoms with van der Waals surface area (Å²) in [5.74, 6) is 0.727. The number of rotatable bonds is 4. The number of Topliss-reactive ketones (excluding diaryl/α,β-unsaturated/α-hetero) is 1. The third-order valence-electron chi connectivity index (χ3n) is 2.96. The highest BCUT2D eigenvalue weighted by molar-refractivity contribution is 5.81. The number of ketones is 1. The lowest BCUT2D eigenvalue weighted by molar-refractivity contribution is -0.119. The fourth-order valence-electron chi connectivity index (χ4n) is 2.29. The number of hydrogen-bond donors (Lipinski definition) is 0. The summed E-state index contributed by atoms with van der Waals surface area (Å²) in [6.07, 6.45) is 5.98. The lowest BCUT2D eigenvalue weighted by Gasteiger charge is -2.07. The van der Waals surface area contributed by atoms with Crippen LogP contribution in [0.3, 0.4) is 0 Å². The zero-order valence-corrected chi connectivity index (χ0v) is 9.99. The average molecular weight is 218 g/mol. The number of aromatic nitrogens is 2. The second kappa shape index (κ2) is 4.73. The standard InChI is InChI=1S/C13H18N2O/c1-9(2)6-10(16)7-13-11-4-3-5-12(11)14-8-15-13/h8-9H,3-7H2,1-2H3. The number of carbonyl (C=O) groups excluding carboxylic acids is 1. The monoisotopic (exact) mass is 218 g/mol. The van der Waals surface area contributed by atoms with Crippen molar-refractivity contribution in [3.05, 3.63) is 23.3 Å². The molecule has 0 saturated carbocycles. The highest BCUT2D eigenvalue weighted by atomic mass is 16.1. The molecule has 2 rings (SSSR count). The Labute approximate surface area is 96.3 Å². The second-order valence-electron chi connectivity index (χ2n) is 4.91. The molecule has 16 heavy (non-hydrogen) atoms. The van der Waals surface area contributed by atoms with Crippen molar-refractivity contribution in [1.29, 1.82) is 0 Å². The van der Waals surface area contributed by atoms with Crippen molar-refractivity contribution in [2.75, 3.05) is 0 Å². The van der Waals surface area contributed by atoms with Crippen LogP contribution in [0.4, 0.5) is 0 Å². The summed E-state index contributed by atoms with van der Waals surface area (Å²) in [5.41, 5.74) is 3.36. The van der Waals surface area contributed by atoms with E-state index in [0.717, 1.165) is 30.7 Å². The van der Waals surface area contributed by atoms with Crippen molar-refractivity contribution >= 4 is 5.78 Å². The summed E-state index contributed by atoms with van der Waals surface area (Å²) in [4.78, 5) is 20.3. The predicted molar refractivity (Wildman–Crippen MR) is 62.2 cm³/mol. The van der Waals surface area contributed by atoms with E-state index in [0.29, 0.717) is 24.5 Å². The Hall–Kier alpha value is -1.25. The van der Waals surface area contributed by atoms with Crippen LogP contribution in [0.2, 0.25) is 0 Å². The van der Waals surface area contributed by atoms with E-state index in [4.69, 9.17) is 0 Å². The molecule has 1 aliphatic rings. The lowest BCUT2D eigenvalue weighted by Crippen LogP contribution is -2.10. The Morgan fingerprint density at radius 1 is 1.38 bits per heavy atom. The normalized spacial score (nSPS) is 14.2. The third-order valence-corrected chi connectivity index (χ3v) is 2.96. The molecule has 0 aromatic carbocycles. The van der Waals surface area contributed by atoms with Gasteiger partial charge in [0, 0.05) is 18.5 Å². The molecule has 0 atom stereocenters. The van der Waals surface area contributed by atoms with Gasteiger partial charge in [-0.1, -0.05) is 13.8 Å². The molecule has 0 aliphatic heterocycles. The van der Waals surface area contributed by atoms with Gasteiger partial charge >= 0.3 is 0 Å². The van der Waals surface area contributed by atoms with Crippen LogP contribution in [0.1, 0.15) is 43.6 Å². The van der Waals surface area contributed by atoms with Gasteiger partial charge in [-0.3, -0.25) is 4.79 Å². The van der Waals surface area contributed by atoms with Crippen molar-refractivity contribution < 1.29 is 4.79 Å². The smallest absolute Gasteiger partial charge is 0.139 e. The Kier molecular flexibility index (Phi) is 3.32. The number of carbonyl (C=O) groups is 1. The minimum Gasteiger partial charge on any atom is -0.299 e. The fraction of sp³-hybridized carbons (Fsp3) is 0.615. The van der Waals surface area contributed by atoms with Crippen LogP contribution in [0, 0.1) is 5.92 Å². The molecule has 1 aliphatic carbocycles. The molecular weight excluding hydrogens is 200 g/mol. The van der Waals surface area contributed by atoms with E-state index in [2.05, 4.69) is 23.8 Å². The maximum absolute atomic E-state index is 11.8. The highest BCUT2D eigenvalue weighted by Crippen LogP contribution is 2.22. The van der Waals surface area contributed by atoms with Crippen molar-refractivity contribution in [3.8, 4) is 0 Å². The number of fused-ring (bicyclic) bond motifs is 1. The Balaban J connectivity index is 2.10. The van der Waals surface area contributed by atoms with Crippen molar-refractivity contribution in [1.82, 2.24) is 9.97 Å². The molecule has 1 aromatic heterocycles. The predicted octanol–water partition coefficient (Wildman–Crippen LogP) is 2.12. The molecule has 0 fully saturated rings. The Bertz CT molecular complexity index is 399. The first-order valence-electron chi connectivity index (χ1n) is 6.00. The van der Waals surface area contributed by atoms with Crippen LogP contribution in [0.5, 0.6) is 0 Å². The molecule has 1 aromatic rings. The minimum atomic E-state index is 0.294. The maximum atomic E-state index is 11.8. The van der Waals surface area contributed by atoms with Crippen LogP contribution in [-0.2, 0) is 24.1 Å². The number of nitrogens with zero attached hydrogens (tertiary/aromatic N) is 2. The zero-order chi connectivity index (χ0) is 11.5. The van der Waals surface area contributed by atoms with Gasteiger partial charge in [-0.25, -0.2) is 9.97 Å². The van der Waals surface area contributed by atoms with Gasteiger partial charge in [0.15, 0.2) is 0 Å². The molecule has 0 amide bonds. The molecular formula is C13H18N2O. The van der Waals surface area contributed by atoms with Gasteiger partial charge in [0.25, 0.3) is 0 Å². The molecule has 3 nitrogen and oxygen atoms in total. The Morgan fingerprint density at radius 3 is 2.94 bits per heavy atom. The van der Waals surface area contributed by atoms with Crippen LogP contribution in [0.25, 0.3) is 0 Å². The van der Waals surface area contributed by atoms with E-state index in [9.17, 15) is 4.79 Å². The van der Waals surface area contributed by atoms with E-state index in [1.807, 2.05) is 0 Å². The molecule has 3 heteroatoms. The number of hydrogen-bond acceptors (Lipinski definition) is 3. The number of aryl methyl sites for hydroxylation is 1. The quantitative estimate of drug-likeness (QED) is 0.777. The largest absolute Gasteiger partial charge is 0.299 e. The molecule has 0 unspecified atom stereocenters. The summed E-state index contributed by atoms with van der Waals surface area (Å²) >= 11 is 0. The second-order valence-corrected chi connectivity index (χ2v) is 4.91. The summed E-state index contributed by atoms with van der Waals surface area (Å²) < 4.78 is 0. The van der Waals surface area contributed by atoms with Crippen LogP contribution < -0.4 is 0 Å². The molecule has 0 spiro atoms. The van der Waals surface area contributed by atoms with Crippen LogP contribution in [-0.4, -0.2) is 15.8 Å². The van der Waals surface area contributed by atoms with Crippen molar-refractivity contribution in [2.45, 2.75) is 46.0 Å². The van der Waals surface area contributed by atoms with E-state index in [-0.39, 0.29) is 0 Å². The first kappa shape index (κ1) is 11.2. The van der Waals surface area contributed by atoms with Gasteiger partial charge in [-0.15, -0.1) is 0 Å². The van der Waals surface area contributed by atoms with E-state index < -0.39 is 0 Å². The fourth-order valence-corrected chi connectivity index (χ4v) is 2.29. The molecule has 1 heterocycles. The third kappa shape index (κ3) is 2.46. The Morgan fingerprint density at radius 2 is 2.19 bits per heavy atom. The topological polar surface area (TPSA) is 42.9 Å². The molecule has 0 saturated heterocycles. The van der Waals surface area contributed by atoms with E-state index >= 15 is 0 Å². The van der Waals surface area contributed by atoms with Crippen LogP contribution >= 0.6 is 0 Å². The summed E-state index contributed by atoms with van der Waals surface area (Å²) in [7, 11) is 0. The SMILES string of the molecule is CC(C)CC(=O)Cc1ncnc2c1CCC2. The molecule has 0 bridgehead atoms. The van der Waals surface area contributed by atoms with Gasteiger partial charge < -0.3 is 0 Å². The molecule has 86 valence electrons. The first-order chi connectivity index (χ1) is 7.66. The summed E-state index contributed by atoms with van der Waals surface area (Å²) in [6, 6.07) is 0. The van der Waals surface area contributed by atoms with Crippen molar-refractivity contribution in [3.63, 3.8) is 0 Å². The van der Waals surface area contributed by atoms with Gasteiger partial charge in [0.1, 0.15) is 12.1 Å². The highest BCUT2D eigenvalue weighted by Gasteiger charge is 2.18. The summed E-state index contributed by atoms with van der Waals surface area (Å²) in [6.45, 7) is 4.14. The van der Waals surface area contributed by atoms with Gasteiger partial charge in [-0.05, 0) is 30.7 Å². The maximum Gasteiger partial charge on any atom is 0.139 e. The molecule has 0 N–H and O–H groups in total. The van der Waals surface area contributed by atoms with Gasteiger partial charge in [0.2, 0.25) is 0 Å². The zero-order valence-electron chi connectivity index (χ0n) is 9.99. The van der Waals surface area contributed by atoms with Gasteiger partial charge in [-0.2, -0.15) is 0 Å². The van der Waals surface area contributed by atoms with E-state index in [1.54, 1.807) is 6.33 Å². The summed E-state index contributed by atoms with van der Waals surface area (Å²) in [5, 5.41) is 0.